The van der Waals surface area contributed by atoms with Crippen LogP contribution in [0.5, 0.6) is 5.75 Å². The van der Waals surface area contributed by atoms with Gasteiger partial charge in [0.1, 0.15) is 16.7 Å². The van der Waals surface area contributed by atoms with Gasteiger partial charge >= 0.3 is 0 Å². The molecule has 1 fully saturated rings. The van der Waals surface area contributed by atoms with Crippen LogP contribution in [-0.2, 0) is 7.05 Å². The van der Waals surface area contributed by atoms with E-state index < -0.39 is 0 Å². The van der Waals surface area contributed by atoms with Gasteiger partial charge in [0.2, 0.25) is 0 Å². The zero-order valence-corrected chi connectivity index (χ0v) is 21.1. The molecule has 35 heavy (non-hydrogen) atoms. The van der Waals surface area contributed by atoms with Gasteiger partial charge < -0.3 is 24.7 Å². The number of amides is 1. The predicted octanol–water partition coefficient (Wildman–Crippen LogP) is 3.68. The largest absolute Gasteiger partial charge is 0.492 e. The van der Waals surface area contributed by atoms with Crippen molar-refractivity contribution in [1.29, 1.82) is 0 Å². The number of piperidine rings is 1. The van der Waals surface area contributed by atoms with E-state index in [2.05, 4.69) is 38.6 Å². The Bertz CT molecular complexity index is 1400. The van der Waals surface area contributed by atoms with Crippen molar-refractivity contribution in [1.82, 2.24) is 24.5 Å². The van der Waals surface area contributed by atoms with Crippen molar-refractivity contribution in [2.75, 3.05) is 37.0 Å². The molecular weight excluding hydrogens is 442 g/mol. The average molecular weight is 476 g/mol. The molecule has 2 N–H and O–H groups in total. The van der Waals surface area contributed by atoms with Gasteiger partial charge in [-0.15, -0.1) is 0 Å². The molecule has 0 spiro atoms. The van der Waals surface area contributed by atoms with Gasteiger partial charge in [-0.25, -0.2) is 0 Å². The third kappa shape index (κ3) is 4.20. The number of nitrogens with zero attached hydrogens (tertiary/aromatic N) is 5. The zero-order chi connectivity index (χ0) is 24.7. The number of carbonyl (C=O) groups is 1. The molecule has 1 saturated heterocycles. The lowest BCUT2D eigenvalue weighted by Gasteiger charge is -2.34. The number of ether oxygens (including phenoxy) is 1. The minimum Gasteiger partial charge on any atom is -0.492 e. The van der Waals surface area contributed by atoms with E-state index in [1.165, 1.54) is 0 Å². The summed E-state index contributed by atoms with van der Waals surface area (Å²) < 4.78 is 9.39. The third-order valence-corrected chi connectivity index (χ3v) is 6.79. The maximum atomic E-state index is 13.5. The van der Waals surface area contributed by atoms with Gasteiger partial charge in [0.25, 0.3) is 5.91 Å². The van der Waals surface area contributed by atoms with Gasteiger partial charge in [0.05, 0.1) is 24.1 Å². The Morgan fingerprint density at radius 2 is 1.94 bits per heavy atom. The van der Waals surface area contributed by atoms with Gasteiger partial charge in [-0.2, -0.15) is 5.10 Å². The fourth-order valence-electron chi connectivity index (χ4n) is 5.27. The van der Waals surface area contributed by atoms with Gasteiger partial charge in [-0.05, 0) is 45.4 Å². The highest BCUT2D eigenvalue weighted by atomic mass is 16.5. The lowest BCUT2D eigenvalue weighted by Crippen LogP contribution is -2.42. The molecule has 1 aliphatic heterocycles. The molecule has 5 rings (SSSR count). The normalized spacial score (nSPS) is 14.7. The number of nitrogens with one attached hydrogen (secondary N) is 2. The van der Waals surface area contributed by atoms with Crippen LogP contribution in [0, 0.1) is 13.8 Å². The second-order valence-corrected chi connectivity index (χ2v) is 9.27. The Hall–Kier alpha value is -3.59. The van der Waals surface area contributed by atoms with Gasteiger partial charge in [0.15, 0.2) is 5.75 Å². The van der Waals surface area contributed by atoms with Crippen molar-refractivity contribution in [3.63, 3.8) is 0 Å². The summed E-state index contributed by atoms with van der Waals surface area (Å²) in [4.78, 5) is 20.4. The summed E-state index contributed by atoms with van der Waals surface area (Å²) in [6.07, 6.45) is 8.00. The molecule has 4 heterocycles. The van der Waals surface area contributed by atoms with E-state index in [1.807, 2.05) is 50.0 Å². The molecule has 184 valence electrons. The molecule has 1 aromatic carbocycles. The van der Waals surface area contributed by atoms with Crippen LogP contribution in [0.25, 0.3) is 16.4 Å². The number of carbonyl (C=O) groups excluding carboxylic acids is 1. The Labute approximate surface area is 205 Å². The van der Waals surface area contributed by atoms with Crippen LogP contribution >= 0.6 is 0 Å². The van der Waals surface area contributed by atoms with Crippen LogP contribution in [0.1, 0.15) is 41.5 Å². The first-order valence-corrected chi connectivity index (χ1v) is 12.2. The summed E-state index contributed by atoms with van der Waals surface area (Å²) in [7, 11) is 3.50. The van der Waals surface area contributed by atoms with E-state index in [0.717, 1.165) is 60.5 Å². The summed E-state index contributed by atoms with van der Waals surface area (Å²) in [5.74, 6) is 0.378. The molecule has 0 radical (unpaired) electrons. The molecule has 0 atom stereocenters. The summed E-state index contributed by atoms with van der Waals surface area (Å²) in [5.41, 5.74) is 5.55. The zero-order valence-electron chi connectivity index (χ0n) is 21.1. The Balaban J connectivity index is 1.47. The minimum atomic E-state index is -0.220. The topological polar surface area (TPSA) is 88.7 Å². The highest BCUT2D eigenvalue weighted by molar-refractivity contribution is 6.14. The van der Waals surface area contributed by atoms with Crippen LogP contribution in [0.15, 0.2) is 30.7 Å². The monoisotopic (exact) mass is 475 g/mol. The molecule has 0 aliphatic carbocycles. The summed E-state index contributed by atoms with van der Waals surface area (Å²) in [5, 5.41) is 12.3. The van der Waals surface area contributed by atoms with Crippen molar-refractivity contribution in [2.24, 2.45) is 7.05 Å². The highest BCUT2D eigenvalue weighted by Gasteiger charge is 2.24. The van der Waals surface area contributed by atoms with E-state index in [-0.39, 0.29) is 5.91 Å². The fourth-order valence-corrected chi connectivity index (χ4v) is 5.27. The molecule has 0 saturated carbocycles. The Morgan fingerprint density at radius 3 is 2.66 bits per heavy atom. The SMILES string of the molecule is CCNC1CCN(c2ccc(C(=O)Nc3cn4cc(C)nc(C)c4c3OC)c3nn(C)cc23)CC1. The quantitative estimate of drug-likeness (QED) is 0.442. The van der Waals surface area contributed by atoms with Gasteiger partial charge in [-0.1, -0.05) is 6.92 Å². The van der Waals surface area contributed by atoms with Crippen molar-refractivity contribution < 1.29 is 9.53 Å². The second kappa shape index (κ2) is 9.22. The standard InChI is InChI=1S/C26H33N7O2/c1-6-27-18-9-11-32(12-10-18)22-8-7-19(23-20(22)14-31(4)30-23)26(34)29-21-15-33-13-16(2)28-17(3)24(33)25(21)35-5/h7-8,13-15,18,27H,6,9-12H2,1-5H3,(H,29,34). The van der Waals surface area contributed by atoms with Crippen molar-refractivity contribution >= 4 is 33.7 Å². The van der Waals surface area contributed by atoms with Gasteiger partial charge in [0, 0.05) is 55.8 Å². The van der Waals surface area contributed by atoms with E-state index >= 15 is 0 Å². The summed E-state index contributed by atoms with van der Waals surface area (Å²) in [6.45, 7) is 9.00. The Morgan fingerprint density at radius 1 is 1.17 bits per heavy atom. The van der Waals surface area contributed by atoms with Gasteiger partial charge in [-0.3, -0.25) is 14.5 Å². The highest BCUT2D eigenvalue weighted by Crippen LogP contribution is 2.35. The Kier molecular flexibility index (Phi) is 6.10. The molecule has 1 amide bonds. The molecule has 3 aromatic heterocycles. The first kappa shape index (κ1) is 23.2. The number of methoxy groups -OCH3 is 1. The van der Waals surface area contributed by atoms with Crippen molar-refractivity contribution in [3.05, 3.63) is 47.7 Å². The number of benzene rings is 1. The smallest absolute Gasteiger partial charge is 0.258 e. The first-order valence-electron chi connectivity index (χ1n) is 12.2. The maximum Gasteiger partial charge on any atom is 0.258 e. The lowest BCUT2D eigenvalue weighted by atomic mass is 10.0. The molecule has 9 nitrogen and oxygen atoms in total. The van der Waals surface area contributed by atoms with Crippen LogP contribution in [0.4, 0.5) is 11.4 Å². The minimum absolute atomic E-state index is 0.220. The molecule has 0 unspecified atom stereocenters. The molecule has 4 aromatic rings. The number of hydrogen-bond donors (Lipinski definition) is 2. The molecule has 1 aliphatic rings. The third-order valence-electron chi connectivity index (χ3n) is 6.79. The lowest BCUT2D eigenvalue weighted by molar-refractivity contribution is 0.102. The maximum absolute atomic E-state index is 13.5. The summed E-state index contributed by atoms with van der Waals surface area (Å²) >= 11 is 0. The molecular formula is C26H33N7O2. The van der Waals surface area contributed by atoms with E-state index in [4.69, 9.17) is 4.74 Å². The van der Waals surface area contributed by atoms with Crippen LogP contribution in [0.3, 0.4) is 0 Å². The summed E-state index contributed by atoms with van der Waals surface area (Å²) in [6, 6.07) is 4.51. The number of hydrogen-bond acceptors (Lipinski definition) is 6. The van der Waals surface area contributed by atoms with E-state index in [0.29, 0.717) is 28.6 Å². The molecule has 9 heteroatoms. The average Bonchev–Trinajstić information content (AvgIpc) is 3.38. The predicted molar refractivity (Wildman–Crippen MR) is 139 cm³/mol. The van der Waals surface area contributed by atoms with E-state index in [1.54, 1.807) is 11.8 Å². The first-order chi connectivity index (χ1) is 16.9. The number of anilines is 2. The van der Waals surface area contributed by atoms with Crippen molar-refractivity contribution in [3.8, 4) is 5.75 Å². The van der Waals surface area contributed by atoms with Crippen molar-refractivity contribution in [2.45, 2.75) is 39.7 Å². The van der Waals surface area contributed by atoms with Crippen LogP contribution < -0.4 is 20.3 Å². The number of fused-ring (bicyclic) bond motifs is 2. The number of aryl methyl sites for hydroxylation is 3. The van der Waals surface area contributed by atoms with E-state index in [9.17, 15) is 4.79 Å². The number of rotatable bonds is 6. The van der Waals surface area contributed by atoms with Crippen LogP contribution in [0.2, 0.25) is 0 Å². The number of aromatic nitrogens is 4. The van der Waals surface area contributed by atoms with Crippen LogP contribution in [-0.4, -0.2) is 57.9 Å². The second-order valence-electron chi connectivity index (χ2n) is 9.27. The fraction of sp³-hybridized carbons (Fsp3) is 0.423. The molecule has 0 bridgehead atoms.